The highest BCUT2D eigenvalue weighted by Gasteiger charge is 2.64. The highest BCUT2D eigenvalue weighted by Crippen LogP contribution is 2.59. The van der Waals surface area contributed by atoms with Gasteiger partial charge in [-0.2, -0.15) is 0 Å². The van der Waals surface area contributed by atoms with Crippen LogP contribution in [-0.2, 0) is 28.6 Å². The zero-order valence-corrected chi connectivity index (χ0v) is 23.8. The maximum Gasteiger partial charge on any atom is 0.303 e. The second-order valence-corrected chi connectivity index (χ2v) is 12.6. The average molecular weight is 531 g/mol. The fourth-order valence-electron chi connectivity index (χ4n) is 7.24. The first kappa shape index (κ1) is 28.7. The van der Waals surface area contributed by atoms with E-state index in [1.807, 2.05) is 26.8 Å². The molecular formula is C30H42O8. The molecule has 210 valence electrons. The summed E-state index contributed by atoms with van der Waals surface area (Å²) in [4.78, 5) is 39.1. The van der Waals surface area contributed by atoms with Crippen LogP contribution in [0.25, 0.3) is 0 Å². The van der Waals surface area contributed by atoms with E-state index in [2.05, 4.69) is 6.92 Å². The van der Waals surface area contributed by atoms with E-state index in [9.17, 15) is 24.6 Å². The molecule has 0 aromatic heterocycles. The van der Waals surface area contributed by atoms with Gasteiger partial charge in [0.25, 0.3) is 0 Å². The van der Waals surface area contributed by atoms with Gasteiger partial charge < -0.3 is 24.4 Å². The van der Waals surface area contributed by atoms with E-state index in [1.54, 1.807) is 20.8 Å². The Balaban J connectivity index is 1.68. The molecule has 2 N–H and O–H groups in total. The number of carbonyl (C=O) groups excluding carboxylic acids is 3. The summed E-state index contributed by atoms with van der Waals surface area (Å²) in [7, 11) is 0. The molecule has 0 bridgehead atoms. The van der Waals surface area contributed by atoms with Crippen LogP contribution in [0.2, 0.25) is 0 Å². The zero-order chi connectivity index (χ0) is 28.4. The van der Waals surface area contributed by atoms with Crippen LogP contribution in [0.5, 0.6) is 0 Å². The minimum atomic E-state index is -1.20. The Morgan fingerprint density at radius 3 is 2.45 bits per heavy atom. The third-order valence-electron chi connectivity index (χ3n) is 9.42. The standard InChI is InChI=1S/C30H42O8/c1-9-15(2)25(36-17(4)31)16(3)18-14-19(32)22-24(34)27-29(7)12-10-20(28(5,6)35)37-21(29)11-13-30(27,8)38-26(22)23(18)33/h9,14,16,20-21,24-25,27,34-35H,10-13H2,1-8H3/b15-9+/t16-,20+,21+,24+,25-,27+,29-,30+/m0/s1. The molecule has 0 radical (unpaired) electrons. The average Bonchev–Trinajstić information content (AvgIpc) is 2.81. The van der Waals surface area contributed by atoms with Gasteiger partial charge in [0.2, 0.25) is 5.78 Å². The molecule has 0 aromatic carbocycles. The molecule has 4 aliphatic rings. The van der Waals surface area contributed by atoms with Gasteiger partial charge in [-0.1, -0.05) is 19.9 Å². The first-order valence-electron chi connectivity index (χ1n) is 13.6. The van der Waals surface area contributed by atoms with E-state index in [1.165, 1.54) is 13.0 Å². The molecular weight excluding hydrogens is 488 g/mol. The van der Waals surface area contributed by atoms with E-state index in [0.29, 0.717) is 25.7 Å². The second-order valence-electron chi connectivity index (χ2n) is 12.6. The number of aliphatic hydroxyl groups excluding tert-OH is 1. The molecule has 8 atom stereocenters. The van der Waals surface area contributed by atoms with Gasteiger partial charge in [-0.05, 0) is 72.0 Å². The normalized spacial score (nSPS) is 37.3. The molecule has 4 rings (SSSR count). The molecule has 1 saturated heterocycles. The number of esters is 1. The fraction of sp³-hybridized carbons (Fsp3) is 0.700. The number of Topliss-reactive ketones (excluding diaryl/α,β-unsaturated/α-hetero) is 1. The van der Waals surface area contributed by atoms with Crippen molar-refractivity contribution in [3.05, 3.63) is 34.6 Å². The number of carbonyl (C=O) groups is 3. The number of ether oxygens (including phenoxy) is 3. The van der Waals surface area contributed by atoms with E-state index < -0.39 is 58.2 Å². The molecule has 1 saturated carbocycles. The molecule has 38 heavy (non-hydrogen) atoms. The molecule has 0 amide bonds. The number of fused-ring (bicyclic) bond motifs is 3. The minimum Gasteiger partial charge on any atom is -0.482 e. The monoisotopic (exact) mass is 530 g/mol. The molecule has 2 fully saturated rings. The lowest BCUT2D eigenvalue weighted by molar-refractivity contribution is -0.260. The first-order chi connectivity index (χ1) is 17.5. The summed E-state index contributed by atoms with van der Waals surface area (Å²) in [6.07, 6.45) is 3.07. The van der Waals surface area contributed by atoms with E-state index >= 15 is 0 Å². The number of ketones is 2. The lowest BCUT2D eigenvalue weighted by Gasteiger charge is -2.61. The van der Waals surface area contributed by atoms with Crippen LogP contribution in [0.1, 0.15) is 81.1 Å². The zero-order valence-electron chi connectivity index (χ0n) is 23.8. The van der Waals surface area contributed by atoms with Gasteiger partial charge in [0.15, 0.2) is 11.5 Å². The number of rotatable bonds is 5. The Bertz CT molecular complexity index is 1120. The summed E-state index contributed by atoms with van der Waals surface area (Å²) in [6, 6.07) is 0. The number of hydrogen-bond acceptors (Lipinski definition) is 8. The Morgan fingerprint density at radius 1 is 1.21 bits per heavy atom. The maximum atomic E-state index is 13.8. The van der Waals surface area contributed by atoms with Crippen molar-refractivity contribution in [1.82, 2.24) is 0 Å². The summed E-state index contributed by atoms with van der Waals surface area (Å²) >= 11 is 0. The summed E-state index contributed by atoms with van der Waals surface area (Å²) < 4.78 is 18.4. The van der Waals surface area contributed by atoms with E-state index in [4.69, 9.17) is 14.2 Å². The smallest absolute Gasteiger partial charge is 0.303 e. The van der Waals surface area contributed by atoms with Crippen molar-refractivity contribution in [2.24, 2.45) is 17.3 Å². The number of aliphatic hydroxyl groups is 2. The van der Waals surface area contributed by atoms with E-state index in [0.717, 1.165) is 5.57 Å². The lowest BCUT2D eigenvalue weighted by atomic mass is 9.52. The van der Waals surface area contributed by atoms with Gasteiger partial charge in [-0.15, -0.1) is 0 Å². The van der Waals surface area contributed by atoms with Crippen molar-refractivity contribution < 1.29 is 38.8 Å². The van der Waals surface area contributed by atoms with Crippen LogP contribution >= 0.6 is 0 Å². The minimum absolute atomic E-state index is 0.00768. The predicted octanol–water partition coefficient (Wildman–Crippen LogP) is 3.74. The molecule has 2 aliphatic carbocycles. The summed E-state index contributed by atoms with van der Waals surface area (Å²) in [6.45, 7) is 14.1. The topological polar surface area (TPSA) is 119 Å². The SMILES string of the molecule is C/C=C(\C)[C@H](OC(C)=O)[C@@H](C)C1=CC(=O)C2=C(O[C@]3(C)CC[C@H]4O[C@@H](C(C)(C)O)CC[C@]4(C)[C@H]3[C@@H]2O)C1=O. The van der Waals surface area contributed by atoms with Gasteiger partial charge >= 0.3 is 5.97 Å². The van der Waals surface area contributed by atoms with Gasteiger partial charge in [0, 0.05) is 29.7 Å². The molecule has 8 heteroatoms. The van der Waals surface area contributed by atoms with Crippen molar-refractivity contribution in [2.45, 2.75) is 117 Å². The van der Waals surface area contributed by atoms with Crippen molar-refractivity contribution in [1.29, 1.82) is 0 Å². The third kappa shape index (κ3) is 4.58. The first-order valence-corrected chi connectivity index (χ1v) is 13.6. The van der Waals surface area contributed by atoms with Gasteiger partial charge in [-0.25, -0.2) is 0 Å². The molecule has 0 aromatic rings. The Kier molecular flexibility index (Phi) is 7.34. The Hall–Kier alpha value is -2.29. The summed E-state index contributed by atoms with van der Waals surface area (Å²) in [5.41, 5.74) is -1.44. The summed E-state index contributed by atoms with van der Waals surface area (Å²) in [5, 5.41) is 22.3. The third-order valence-corrected chi connectivity index (χ3v) is 9.42. The maximum absolute atomic E-state index is 13.8. The van der Waals surface area contributed by atoms with Crippen LogP contribution in [0.15, 0.2) is 34.6 Å². The van der Waals surface area contributed by atoms with Crippen molar-refractivity contribution >= 4 is 17.5 Å². The number of hydrogen-bond donors (Lipinski definition) is 2. The highest BCUT2D eigenvalue weighted by molar-refractivity contribution is 6.22. The van der Waals surface area contributed by atoms with Crippen molar-refractivity contribution in [3.63, 3.8) is 0 Å². The van der Waals surface area contributed by atoms with Crippen molar-refractivity contribution in [2.75, 3.05) is 0 Å². The largest absolute Gasteiger partial charge is 0.482 e. The predicted molar refractivity (Wildman–Crippen MR) is 140 cm³/mol. The quantitative estimate of drug-likeness (QED) is 0.314. The second kappa shape index (κ2) is 9.72. The van der Waals surface area contributed by atoms with Crippen molar-refractivity contribution in [3.8, 4) is 0 Å². The molecule has 2 heterocycles. The highest BCUT2D eigenvalue weighted by atomic mass is 16.5. The van der Waals surface area contributed by atoms with Crippen LogP contribution in [0.4, 0.5) is 0 Å². The molecule has 8 nitrogen and oxygen atoms in total. The Morgan fingerprint density at radius 2 is 1.87 bits per heavy atom. The van der Waals surface area contributed by atoms with Gasteiger partial charge in [0.1, 0.15) is 11.7 Å². The fourth-order valence-corrected chi connectivity index (χ4v) is 7.24. The van der Waals surface area contributed by atoms with Crippen LogP contribution in [0.3, 0.4) is 0 Å². The Labute approximate surface area is 225 Å². The van der Waals surface area contributed by atoms with Crippen LogP contribution in [0, 0.1) is 17.3 Å². The molecule has 0 spiro atoms. The van der Waals surface area contributed by atoms with Crippen LogP contribution in [-0.4, -0.2) is 63.4 Å². The summed E-state index contributed by atoms with van der Waals surface area (Å²) in [5.74, 6) is -2.57. The molecule has 0 unspecified atom stereocenters. The van der Waals surface area contributed by atoms with Crippen LogP contribution < -0.4 is 0 Å². The van der Waals surface area contributed by atoms with Gasteiger partial charge in [0.05, 0.1) is 29.5 Å². The van der Waals surface area contributed by atoms with E-state index in [-0.39, 0.29) is 29.1 Å². The molecule has 2 aliphatic heterocycles. The number of allylic oxidation sites excluding steroid dienone is 3. The van der Waals surface area contributed by atoms with Gasteiger partial charge in [-0.3, -0.25) is 14.4 Å². The lowest BCUT2D eigenvalue weighted by Crippen LogP contribution is -2.66.